The highest BCUT2D eigenvalue weighted by molar-refractivity contribution is 7.80. The summed E-state index contributed by atoms with van der Waals surface area (Å²) in [6.07, 6.45) is 3.96. The van der Waals surface area contributed by atoms with Gasteiger partial charge in [0.05, 0.1) is 5.69 Å². The minimum atomic E-state index is -0.0338. The SMILES string of the molecule is C=C1CC(C)(c2ccc(N(CC)CC)cc2)CC(=C)C1=Cc1cc(C)cc(-n2nc3ccccc3n2)c1S. The Morgan fingerprint density at radius 3 is 2.08 bits per heavy atom. The van der Waals surface area contributed by atoms with E-state index in [1.165, 1.54) is 11.3 Å². The van der Waals surface area contributed by atoms with E-state index in [9.17, 15) is 0 Å². The van der Waals surface area contributed by atoms with Crippen molar-refractivity contribution in [1.29, 1.82) is 0 Å². The Bertz CT molecular complexity index is 1500. The molecule has 0 amide bonds. The summed E-state index contributed by atoms with van der Waals surface area (Å²) >= 11 is 4.94. The van der Waals surface area contributed by atoms with E-state index < -0.39 is 0 Å². The molecule has 4 aromatic rings. The summed E-state index contributed by atoms with van der Waals surface area (Å²) in [6, 6.07) is 21.2. The van der Waals surface area contributed by atoms with Gasteiger partial charge in [0.25, 0.3) is 0 Å². The topological polar surface area (TPSA) is 34.0 Å². The van der Waals surface area contributed by atoms with Gasteiger partial charge in [-0.05, 0) is 103 Å². The minimum Gasteiger partial charge on any atom is -0.372 e. The zero-order valence-corrected chi connectivity index (χ0v) is 23.7. The van der Waals surface area contributed by atoms with Gasteiger partial charge in [-0.25, -0.2) is 0 Å². The quantitative estimate of drug-likeness (QED) is 0.261. The van der Waals surface area contributed by atoms with Crippen molar-refractivity contribution in [2.24, 2.45) is 0 Å². The van der Waals surface area contributed by atoms with Crippen LogP contribution in [0.4, 0.5) is 5.69 Å². The molecule has 0 N–H and O–H groups in total. The molecule has 0 aliphatic heterocycles. The molecule has 0 bridgehead atoms. The second-order valence-electron chi connectivity index (χ2n) is 10.6. The van der Waals surface area contributed by atoms with Crippen molar-refractivity contribution in [2.75, 3.05) is 18.0 Å². The van der Waals surface area contributed by atoms with Crippen LogP contribution >= 0.6 is 12.6 Å². The average Bonchev–Trinajstić information content (AvgIpc) is 3.33. The van der Waals surface area contributed by atoms with Crippen LogP contribution < -0.4 is 4.90 Å². The second kappa shape index (κ2) is 10.3. The van der Waals surface area contributed by atoms with E-state index in [4.69, 9.17) is 12.6 Å². The van der Waals surface area contributed by atoms with Gasteiger partial charge >= 0.3 is 0 Å². The number of hydrogen-bond acceptors (Lipinski definition) is 4. The Morgan fingerprint density at radius 1 is 0.947 bits per heavy atom. The molecule has 1 aliphatic carbocycles. The molecule has 1 fully saturated rings. The fourth-order valence-electron chi connectivity index (χ4n) is 5.69. The third-order valence-corrected chi connectivity index (χ3v) is 8.21. The van der Waals surface area contributed by atoms with E-state index >= 15 is 0 Å². The van der Waals surface area contributed by atoms with E-state index in [0.717, 1.165) is 75.4 Å². The first kappa shape index (κ1) is 26.1. The fraction of sp³-hybridized carbons (Fsp3) is 0.273. The van der Waals surface area contributed by atoms with Gasteiger partial charge in [0.2, 0.25) is 0 Å². The highest BCUT2D eigenvalue weighted by Gasteiger charge is 2.34. The highest BCUT2D eigenvalue weighted by Crippen LogP contribution is 2.46. The normalized spacial score (nSPS) is 17.8. The zero-order valence-electron chi connectivity index (χ0n) is 22.8. The van der Waals surface area contributed by atoms with Crippen molar-refractivity contribution >= 4 is 35.4 Å². The van der Waals surface area contributed by atoms with Crippen molar-refractivity contribution in [3.63, 3.8) is 0 Å². The molecule has 0 saturated heterocycles. The summed E-state index contributed by atoms with van der Waals surface area (Å²) in [5.41, 5.74) is 10.6. The monoisotopic (exact) mass is 520 g/mol. The molecule has 1 aromatic heterocycles. The van der Waals surface area contributed by atoms with E-state index in [-0.39, 0.29) is 5.41 Å². The Hall–Kier alpha value is -3.57. The van der Waals surface area contributed by atoms with E-state index in [2.05, 4.69) is 98.4 Å². The minimum absolute atomic E-state index is 0.0338. The number of hydrogen-bond donors (Lipinski definition) is 1. The summed E-state index contributed by atoms with van der Waals surface area (Å²) in [6.45, 7) is 19.8. The maximum atomic E-state index is 4.94. The third-order valence-electron chi connectivity index (χ3n) is 7.73. The van der Waals surface area contributed by atoms with Crippen LogP contribution in [-0.2, 0) is 5.41 Å². The van der Waals surface area contributed by atoms with Crippen LogP contribution in [0.15, 0.2) is 95.4 Å². The Labute approximate surface area is 231 Å². The molecule has 1 saturated carbocycles. The lowest BCUT2D eigenvalue weighted by atomic mass is 9.66. The van der Waals surface area contributed by atoms with Crippen LogP contribution in [0, 0.1) is 6.92 Å². The smallest absolute Gasteiger partial charge is 0.113 e. The lowest BCUT2D eigenvalue weighted by molar-refractivity contribution is 0.451. The number of anilines is 1. The van der Waals surface area contributed by atoms with Crippen LogP contribution in [0.3, 0.4) is 0 Å². The van der Waals surface area contributed by atoms with Gasteiger partial charge in [-0.3, -0.25) is 0 Å². The van der Waals surface area contributed by atoms with Crippen molar-refractivity contribution in [1.82, 2.24) is 15.0 Å². The summed E-state index contributed by atoms with van der Waals surface area (Å²) in [5, 5.41) is 9.36. The maximum absolute atomic E-state index is 4.94. The van der Waals surface area contributed by atoms with Crippen molar-refractivity contribution in [3.8, 4) is 5.69 Å². The summed E-state index contributed by atoms with van der Waals surface area (Å²) in [5.74, 6) is 0. The predicted octanol–water partition coefficient (Wildman–Crippen LogP) is 8.11. The lowest BCUT2D eigenvalue weighted by Gasteiger charge is -2.38. The van der Waals surface area contributed by atoms with Crippen LogP contribution in [0.25, 0.3) is 22.8 Å². The molecule has 0 radical (unpaired) electrons. The molecule has 38 heavy (non-hydrogen) atoms. The summed E-state index contributed by atoms with van der Waals surface area (Å²) in [4.78, 5) is 4.90. The van der Waals surface area contributed by atoms with Gasteiger partial charge in [0.1, 0.15) is 11.0 Å². The van der Waals surface area contributed by atoms with E-state index in [1.54, 1.807) is 4.80 Å². The maximum Gasteiger partial charge on any atom is 0.113 e. The van der Waals surface area contributed by atoms with Gasteiger partial charge in [-0.2, -0.15) is 0 Å². The largest absolute Gasteiger partial charge is 0.372 e. The van der Waals surface area contributed by atoms with Gasteiger partial charge < -0.3 is 4.90 Å². The highest BCUT2D eigenvalue weighted by atomic mass is 32.1. The zero-order chi connectivity index (χ0) is 27.0. The molecule has 0 atom stereocenters. The number of fused-ring (bicyclic) bond motifs is 1. The van der Waals surface area contributed by atoms with Gasteiger partial charge in [0, 0.05) is 29.1 Å². The van der Waals surface area contributed by atoms with Crippen LogP contribution in [0.5, 0.6) is 0 Å². The molecule has 1 heterocycles. The predicted molar refractivity (Wildman–Crippen MR) is 164 cm³/mol. The molecule has 194 valence electrons. The molecule has 3 aromatic carbocycles. The van der Waals surface area contributed by atoms with E-state index in [0.29, 0.717) is 0 Å². The Balaban J connectivity index is 1.45. The Morgan fingerprint density at radius 2 is 1.53 bits per heavy atom. The lowest BCUT2D eigenvalue weighted by Crippen LogP contribution is -2.28. The molecule has 0 spiro atoms. The number of allylic oxidation sites excluding steroid dienone is 3. The molecule has 0 unspecified atom stereocenters. The molecular formula is C33H36N4S. The van der Waals surface area contributed by atoms with Crippen LogP contribution in [0.1, 0.15) is 50.3 Å². The number of nitrogens with zero attached hydrogens (tertiary/aromatic N) is 4. The molecular weight excluding hydrogens is 484 g/mol. The fourth-order valence-corrected chi connectivity index (χ4v) is 5.97. The third kappa shape index (κ3) is 4.83. The van der Waals surface area contributed by atoms with Gasteiger partial charge in [-0.1, -0.05) is 50.4 Å². The molecule has 1 aliphatic rings. The number of aromatic nitrogens is 3. The first-order valence-electron chi connectivity index (χ1n) is 13.3. The van der Waals surface area contributed by atoms with Crippen LogP contribution in [0.2, 0.25) is 0 Å². The molecule has 4 nitrogen and oxygen atoms in total. The first-order valence-corrected chi connectivity index (χ1v) is 13.8. The standard InChI is InChI=1S/C33H36N4S/c1-7-36(8-2)27-15-13-26(14-16-27)33(6)20-23(4)28(24(5)21-33)19-25-17-22(3)18-31(32(25)38)37-34-29-11-9-10-12-30(29)35-37/h9-19,38H,4-5,7-8,20-21H2,1-3,6H3. The second-order valence-corrected chi connectivity index (χ2v) is 11.0. The van der Waals surface area contributed by atoms with Crippen LogP contribution in [-0.4, -0.2) is 28.1 Å². The molecule has 5 heteroatoms. The van der Waals surface area contributed by atoms with Crippen molar-refractivity contribution in [2.45, 2.75) is 50.8 Å². The van der Waals surface area contributed by atoms with Crippen molar-refractivity contribution < 1.29 is 0 Å². The number of rotatable bonds is 6. The van der Waals surface area contributed by atoms with E-state index in [1.807, 2.05) is 24.3 Å². The van der Waals surface area contributed by atoms with Crippen molar-refractivity contribution in [3.05, 3.63) is 107 Å². The summed E-state index contributed by atoms with van der Waals surface area (Å²) in [7, 11) is 0. The van der Waals surface area contributed by atoms with Gasteiger partial charge in [0.15, 0.2) is 0 Å². The number of thiol groups is 1. The molecule has 5 rings (SSSR count). The average molecular weight is 521 g/mol. The van der Waals surface area contributed by atoms with Gasteiger partial charge in [-0.15, -0.1) is 27.6 Å². The Kier molecular flexibility index (Phi) is 7.06. The summed E-state index contributed by atoms with van der Waals surface area (Å²) < 4.78 is 0. The number of aryl methyl sites for hydroxylation is 1. The number of benzene rings is 3. The first-order chi connectivity index (χ1) is 18.2.